The molecule has 4 aliphatic heterocycles. The Hall–Kier alpha value is -0.840. The molecule has 20 atom stereocenters. The molecular weight excluding hydrogens is 636 g/mol. The van der Waals surface area contributed by atoms with Crippen molar-refractivity contribution in [2.75, 3.05) is 33.5 Å². The summed E-state index contributed by atoms with van der Waals surface area (Å²) in [5, 5.41) is 134. The first-order valence-corrected chi connectivity index (χ1v) is 14.5. The van der Waals surface area contributed by atoms with Crippen molar-refractivity contribution in [1.29, 1.82) is 0 Å². The van der Waals surface area contributed by atoms with E-state index in [-0.39, 0.29) is 0 Å². The second kappa shape index (κ2) is 16.2. The first-order chi connectivity index (χ1) is 21.8. The average molecular weight is 681 g/mol. The van der Waals surface area contributed by atoms with Crippen molar-refractivity contribution in [1.82, 2.24) is 0 Å². The zero-order valence-corrected chi connectivity index (χ0v) is 24.5. The molecule has 21 nitrogen and oxygen atoms in total. The number of ether oxygens (including phenoxy) is 8. The topological polar surface area (TPSA) is 337 Å². The zero-order valence-electron chi connectivity index (χ0n) is 24.5. The highest BCUT2D eigenvalue weighted by Crippen LogP contribution is 2.34. The number of aliphatic hydroxyl groups is 13. The SMILES string of the molecule is CO[C@@H]1[C@H](O)[C@@H](O[C@@H]2[C@@H](O[C@@H]3[C@H](O)[C@@H](O[C@@H]4[C@H](O)[C@@H](O)O[C@H](CO)[C@H]4O)O[C@H](CO)[C@H]3O)O[C@H](CO)[C@@H](O)[C@@H]2O)O[C@H](CO)[C@H]1O. The Morgan fingerprint density at radius 1 is 0.391 bits per heavy atom. The predicted octanol–water partition coefficient (Wildman–Crippen LogP) is -9.09. The van der Waals surface area contributed by atoms with Crippen LogP contribution in [0.2, 0.25) is 0 Å². The molecule has 0 aromatic heterocycles. The molecule has 0 radical (unpaired) electrons. The number of hydrogen-bond donors (Lipinski definition) is 13. The fourth-order valence-corrected chi connectivity index (χ4v) is 5.77. The van der Waals surface area contributed by atoms with Gasteiger partial charge in [0.25, 0.3) is 0 Å². The summed E-state index contributed by atoms with van der Waals surface area (Å²) in [5.74, 6) is 0. The van der Waals surface area contributed by atoms with Gasteiger partial charge >= 0.3 is 0 Å². The van der Waals surface area contributed by atoms with Gasteiger partial charge in [0, 0.05) is 7.11 Å². The Kier molecular flexibility index (Phi) is 13.4. The molecule has 270 valence electrons. The van der Waals surface area contributed by atoms with Gasteiger partial charge in [-0.1, -0.05) is 0 Å². The molecule has 0 aromatic rings. The Bertz CT molecular complexity index is 934. The van der Waals surface area contributed by atoms with E-state index in [1.54, 1.807) is 0 Å². The summed E-state index contributed by atoms with van der Waals surface area (Å²) in [6.45, 7) is -3.31. The van der Waals surface area contributed by atoms with Crippen molar-refractivity contribution < 1.29 is 104 Å². The predicted molar refractivity (Wildman–Crippen MR) is 139 cm³/mol. The summed E-state index contributed by atoms with van der Waals surface area (Å²) in [6.07, 6.45) is -34.8. The fraction of sp³-hybridized carbons (Fsp3) is 1.00. The Morgan fingerprint density at radius 2 is 0.761 bits per heavy atom. The second-order valence-electron chi connectivity index (χ2n) is 11.4. The maximum Gasteiger partial charge on any atom is 0.187 e. The van der Waals surface area contributed by atoms with Crippen LogP contribution in [0.15, 0.2) is 0 Å². The van der Waals surface area contributed by atoms with Crippen molar-refractivity contribution in [3.05, 3.63) is 0 Å². The van der Waals surface area contributed by atoms with Crippen LogP contribution in [0.3, 0.4) is 0 Å². The molecule has 46 heavy (non-hydrogen) atoms. The van der Waals surface area contributed by atoms with Gasteiger partial charge in [0.15, 0.2) is 25.2 Å². The molecule has 0 amide bonds. The highest BCUT2D eigenvalue weighted by molar-refractivity contribution is 4.98. The van der Waals surface area contributed by atoms with E-state index in [4.69, 9.17) is 37.9 Å². The molecule has 13 N–H and O–H groups in total. The Morgan fingerprint density at radius 3 is 1.26 bits per heavy atom. The van der Waals surface area contributed by atoms with Crippen LogP contribution in [-0.2, 0) is 37.9 Å². The van der Waals surface area contributed by atoms with Crippen LogP contribution >= 0.6 is 0 Å². The largest absolute Gasteiger partial charge is 0.394 e. The van der Waals surface area contributed by atoms with E-state index in [9.17, 15) is 66.4 Å². The van der Waals surface area contributed by atoms with Crippen LogP contribution in [0.25, 0.3) is 0 Å². The highest BCUT2D eigenvalue weighted by Gasteiger charge is 2.55. The summed E-state index contributed by atoms with van der Waals surface area (Å²) in [7, 11) is 1.15. The molecule has 0 unspecified atom stereocenters. The van der Waals surface area contributed by atoms with Crippen molar-refractivity contribution in [2.45, 2.75) is 123 Å². The third kappa shape index (κ3) is 7.50. The lowest BCUT2D eigenvalue weighted by atomic mass is 9.95. The summed E-state index contributed by atoms with van der Waals surface area (Å²) in [4.78, 5) is 0. The van der Waals surface area contributed by atoms with E-state index in [2.05, 4.69) is 0 Å². The van der Waals surface area contributed by atoms with E-state index in [0.29, 0.717) is 0 Å². The molecule has 4 fully saturated rings. The number of methoxy groups -OCH3 is 1. The van der Waals surface area contributed by atoms with Crippen LogP contribution < -0.4 is 0 Å². The second-order valence-corrected chi connectivity index (χ2v) is 11.4. The van der Waals surface area contributed by atoms with Crippen LogP contribution in [0.5, 0.6) is 0 Å². The van der Waals surface area contributed by atoms with Crippen LogP contribution in [-0.4, -0.2) is 223 Å². The van der Waals surface area contributed by atoms with Gasteiger partial charge in [-0.05, 0) is 0 Å². The maximum atomic E-state index is 11.2. The van der Waals surface area contributed by atoms with Crippen molar-refractivity contribution in [2.24, 2.45) is 0 Å². The van der Waals surface area contributed by atoms with Gasteiger partial charge in [-0.15, -0.1) is 0 Å². The van der Waals surface area contributed by atoms with Crippen molar-refractivity contribution in [3.8, 4) is 0 Å². The zero-order chi connectivity index (χ0) is 34.0. The Balaban J connectivity index is 1.59. The third-order valence-corrected chi connectivity index (χ3v) is 8.45. The van der Waals surface area contributed by atoms with Gasteiger partial charge in [0.1, 0.15) is 97.7 Å². The van der Waals surface area contributed by atoms with E-state index < -0.39 is 149 Å². The molecule has 4 rings (SSSR count). The molecule has 0 saturated carbocycles. The van der Waals surface area contributed by atoms with Crippen molar-refractivity contribution in [3.63, 3.8) is 0 Å². The molecule has 4 heterocycles. The van der Waals surface area contributed by atoms with Crippen LogP contribution in [0, 0.1) is 0 Å². The normalized spacial score (nSPS) is 52.0. The van der Waals surface area contributed by atoms with Gasteiger partial charge in [0.2, 0.25) is 0 Å². The third-order valence-electron chi connectivity index (χ3n) is 8.45. The average Bonchev–Trinajstić information content (AvgIpc) is 3.04. The van der Waals surface area contributed by atoms with Crippen molar-refractivity contribution >= 4 is 0 Å². The highest BCUT2D eigenvalue weighted by atomic mass is 16.8. The lowest BCUT2D eigenvalue weighted by Crippen LogP contribution is -2.68. The maximum absolute atomic E-state index is 11.2. The summed E-state index contributed by atoms with van der Waals surface area (Å²) < 4.78 is 43.4. The van der Waals surface area contributed by atoms with Crippen LogP contribution in [0.1, 0.15) is 0 Å². The molecule has 4 aliphatic rings. The van der Waals surface area contributed by atoms with E-state index in [0.717, 1.165) is 7.11 Å². The first kappa shape index (κ1) is 38.0. The summed E-state index contributed by atoms with van der Waals surface area (Å²) in [5.41, 5.74) is 0. The standard InChI is InChI=1S/C25H44O21/c1-39-18-11(31)8(4-28)41-23(16(18)36)46-21-14(34)10(30)6(2-26)43-25(21)45-20-13(33)9(5-29)42-24(17(20)37)44-19-12(32)7(3-27)40-22(38)15(19)35/h6-38H,2-5H2,1H3/t6-,7-,8-,9-,10-,11-,12-,13-,14+,15+,16+,17+,18+,19+,20+,21+,22+,23-,24-,25-/m1/s1. The molecule has 21 heteroatoms. The lowest BCUT2D eigenvalue weighted by Gasteiger charge is -2.49. The van der Waals surface area contributed by atoms with Gasteiger partial charge in [-0.3, -0.25) is 0 Å². The smallest absolute Gasteiger partial charge is 0.187 e. The number of hydrogen-bond acceptors (Lipinski definition) is 21. The number of rotatable bonds is 11. The molecule has 0 bridgehead atoms. The van der Waals surface area contributed by atoms with Gasteiger partial charge in [-0.25, -0.2) is 0 Å². The Labute approximate surface area is 261 Å². The number of aliphatic hydroxyl groups excluding tert-OH is 13. The molecule has 4 saturated heterocycles. The molecule has 0 aromatic carbocycles. The minimum absolute atomic E-state index is 0.747. The van der Waals surface area contributed by atoms with E-state index in [1.165, 1.54) is 0 Å². The fourth-order valence-electron chi connectivity index (χ4n) is 5.77. The monoisotopic (exact) mass is 680 g/mol. The summed E-state index contributed by atoms with van der Waals surface area (Å²) >= 11 is 0. The quantitative estimate of drug-likeness (QED) is 0.0963. The lowest BCUT2D eigenvalue weighted by molar-refractivity contribution is -0.396. The first-order valence-electron chi connectivity index (χ1n) is 14.5. The molecular formula is C25H44O21. The summed E-state index contributed by atoms with van der Waals surface area (Å²) in [6, 6.07) is 0. The van der Waals surface area contributed by atoms with E-state index in [1.807, 2.05) is 0 Å². The van der Waals surface area contributed by atoms with Gasteiger partial charge in [0.05, 0.1) is 26.4 Å². The van der Waals surface area contributed by atoms with Gasteiger partial charge < -0.3 is 104 Å². The minimum atomic E-state index is -2.05. The van der Waals surface area contributed by atoms with E-state index >= 15 is 0 Å². The minimum Gasteiger partial charge on any atom is -0.394 e. The molecule has 0 spiro atoms. The van der Waals surface area contributed by atoms with Gasteiger partial charge in [-0.2, -0.15) is 0 Å². The molecule has 0 aliphatic carbocycles. The van der Waals surface area contributed by atoms with Crippen LogP contribution in [0.4, 0.5) is 0 Å².